The molecule has 0 aromatic heterocycles. The van der Waals surface area contributed by atoms with Crippen molar-refractivity contribution in [2.75, 3.05) is 11.4 Å². The second-order valence-electron chi connectivity index (χ2n) is 3.36. The summed E-state index contributed by atoms with van der Waals surface area (Å²) in [6.45, 7) is 2.54. The van der Waals surface area contributed by atoms with Gasteiger partial charge in [0.15, 0.2) is 0 Å². The molecule has 2 N–H and O–H groups in total. The molecule has 0 saturated heterocycles. The quantitative estimate of drug-likeness (QED) is 0.664. The summed E-state index contributed by atoms with van der Waals surface area (Å²) in [5, 5.41) is 0. The molecular formula is C11H12N2O. The molecule has 0 fully saturated rings. The van der Waals surface area contributed by atoms with Crippen molar-refractivity contribution >= 4 is 17.8 Å². The number of hydrogen-bond acceptors (Lipinski definition) is 1. The number of urea groups is 1. The number of benzene rings is 1. The lowest BCUT2D eigenvalue weighted by Crippen LogP contribution is -2.37. The topological polar surface area (TPSA) is 46.3 Å². The van der Waals surface area contributed by atoms with E-state index in [-0.39, 0.29) is 0 Å². The number of para-hydroxylation sites is 1. The number of carbonyl (C=O) groups excluding carboxylic acids is 1. The van der Waals surface area contributed by atoms with Crippen molar-refractivity contribution in [2.24, 2.45) is 5.73 Å². The molecule has 3 heteroatoms. The number of nitrogens with two attached hydrogens (primary N) is 1. The van der Waals surface area contributed by atoms with E-state index in [1.54, 1.807) is 4.90 Å². The van der Waals surface area contributed by atoms with Crippen LogP contribution in [0.4, 0.5) is 10.5 Å². The molecule has 2 amide bonds. The molecule has 1 aromatic rings. The van der Waals surface area contributed by atoms with Crippen LogP contribution in [0.2, 0.25) is 0 Å². The van der Waals surface area contributed by atoms with Gasteiger partial charge in [-0.15, -0.1) is 0 Å². The molecule has 1 heterocycles. The van der Waals surface area contributed by atoms with E-state index in [2.05, 4.69) is 0 Å². The molecule has 0 saturated carbocycles. The smallest absolute Gasteiger partial charge is 0.319 e. The van der Waals surface area contributed by atoms with Crippen molar-refractivity contribution in [2.45, 2.75) is 6.92 Å². The zero-order chi connectivity index (χ0) is 10.1. The van der Waals surface area contributed by atoms with Gasteiger partial charge in [0, 0.05) is 6.54 Å². The Labute approximate surface area is 82.8 Å². The summed E-state index contributed by atoms with van der Waals surface area (Å²) >= 11 is 0. The zero-order valence-electron chi connectivity index (χ0n) is 8.03. The van der Waals surface area contributed by atoms with E-state index < -0.39 is 6.03 Å². The second-order valence-corrected chi connectivity index (χ2v) is 3.36. The van der Waals surface area contributed by atoms with Crippen molar-refractivity contribution in [1.29, 1.82) is 0 Å². The number of amides is 2. The Morgan fingerprint density at radius 3 is 3.00 bits per heavy atom. The first-order valence-electron chi connectivity index (χ1n) is 4.53. The normalized spacial score (nSPS) is 13.9. The molecule has 2 rings (SSSR count). The molecule has 0 aliphatic carbocycles. The third-order valence-electron chi connectivity index (χ3n) is 2.39. The fourth-order valence-corrected chi connectivity index (χ4v) is 1.76. The molecule has 14 heavy (non-hydrogen) atoms. The summed E-state index contributed by atoms with van der Waals surface area (Å²) in [6, 6.07) is 5.54. The number of rotatable bonds is 0. The summed E-state index contributed by atoms with van der Waals surface area (Å²) in [7, 11) is 0. The van der Waals surface area contributed by atoms with Crippen molar-refractivity contribution in [3.05, 3.63) is 35.4 Å². The molecule has 0 radical (unpaired) electrons. The Bertz CT molecular complexity index is 410. The maximum absolute atomic E-state index is 11.2. The van der Waals surface area contributed by atoms with Crippen LogP contribution in [0.1, 0.15) is 11.1 Å². The summed E-state index contributed by atoms with van der Waals surface area (Å²) in [5.41, 5.74) is 8.36. The number of carbonyl (C=O) groups is 1. The summed E-state index contributed by atoms with van der Waals surface area (Å²) in [4.78, 5) is 12.8. The highest BCUT2D eigenvalue weighted by molar-refractivity contribution is 5.95. The third-order valence-corrected chi connectivity index (χ3v) is 2.39. The number of aryl methyl sites for hydroxylation is 1. The number of hydrogen-bond donors (Lipinski definition) is 1. The molecule has 3 nitrogen and oxygen atoms in total. The average Bonchev–Trinajstić information content (AvgIpc) is 2.17. The SMILES string of the molecule is Cc1cccc2c1N(C(N)=O)CC=C2. The van der Waals surface area contributed by atoms with Gasteiger partial charge in [-0.2, -0.15) is 0 Å². The lowest BCUT2D eigenvalue weighted by atomic mass is 10.0. The summed E-state index contributed by atoms with van der Waals surface area (Å²) in [6.07, 6.45) is 3.95. The van der Waals surface area contributed by atoms with E-state index in [0.29, 0.717) is 6.54 Å². The number of nitrogens with zero attached hydrogens (tertiary/aromatic N) is 1. The molecule has 0 atom stereocenters. The minimum Gasteiger partial charge on any atom is -0.351 e. The van der Waals surface area contributed by atoms with Gasteiger partial charge in [0.1, 0.15) is 0 Å². The third kappa shape index (κ3) is 1.27. The van der Waals surface area contributed by atoms with Gasteiger partial charge >= 0.3 is 6.03 Å². The molecule has 0 bridgehead atoms. The number of anilines is 1. The van der Waals surface area contributed by atoms with Crippen LogP contribution in [-0.2, 0) is 0 Å². The van der Waals surface area contributed by atoms with Crippen LogP contribution >= 0.6 is 0 Å². The Hall–Kier alpha value is -1.77. The maximum Gasteiger partial charge on any atom is 0.319 e. The van der Waals surface area contributed by atoms with Gasteiger partial charge in [0.2, 0.25) is 0 Å². The lowest BCUT2D eigenvalue weighted by molar-refractivity contribution is 0.254. The predicted molar refractivity (Wildman–Crippen MR) is 57.1 cm³/mol. The largest absolute Gasteiger partial charge is 0.351 e. The van der Waals surface area contributed by atoms with E-state index >= 15 is 0 Å². The van der Waals surface area contributed by atoms with Crippen molar-refractivity contribution in [3.8, 4) is 0 Å². The Balaban J connectivity index is 2.58. The molecule has 1 aliphatic rings. The fourth-order valence-electron chi connectivity index (χ4n) is 1.76. The lowest BCUT2D eigenvalue weighted by Gasteiger charge is -2.26. The van der Waals surface area contributed by atoms with Crippen LogP contribution in [0.3, 0.4) is 0 Å². The highest BCUT2D eigenvalue weighted by atomic mass is 16.2. The van der Waals surface area contributed by atoms with Crippen LogP contribution in [0.5, 0.6) is 0 Å². The van der Waals surface area contributed by atoms with Crippen LogP contribution in [-0.4, -0.2) is 12.6 Å². The van der Waals surface area contributed by atoms with Crippen LogP contribution < -0.4 is 10.6 Å². The molecule has 1 aromatic carbocycles. The zero-order valence-corrected chi connectivity index (χ0v) is 8.03. The van der Waals surface area contributed by atoms with Crippen molar-refractivity contribution < 1.29 is 4.79 Å². The van der Waals surface area contributed by atoms with Gasteiger partial charge in [0.25, 0.3) is 0 Å². The van der Waals surface area contributed by atoms with Gasteiger partial charge < -0.3 is 5.73 Å². The van der Waals surface area contributed by atoms with Gasteiger partial charge in [0.05, 0.1) is 5.69 Å². The molecule has 0 unspecified atom stereocenters. The highest BCUT2D eigenvalue weighted by Gasteiger charge is 2.18. The van der Waals surface area contributed by atoms with E-state index in [0.717, 1.165) is 16.8 Å². The minimum absolute atomic E-state index is 0.398. The Kier molecular flexibility index (Phi) is 2.00. The molecule has 0 spiro atoms. The van der Waals surface area contributed by atoms with Gasteiger partial charge in [-0.05, 0) is 18.1 Å². The van der Waals surface area contributed by atoms with E-state index in [1.165, 1.54) is 0 Å². The highest BCUT2D eigenvalue weighted by Crippen LogP contribution is 2.28. The van der Waals surface area contributed by atoms with Gasteiger partial charge in [-0.3, -0.25) is 4.90 Å². The molecular weight excluding hydrogens is 176 g/mol. The standard InChI is InChI=1S/C11H12N2O/c1-8-4-2-5-9-6-3-7-13(10(8)9)11(12)14/h2-6H,7H2,1H3,(H2,12,14). The van der Waals surface area contributed by atoms with E-state index in [9.17, 15) is 4.79 Å². The minimum atomic E-state index is -0.398. The first kappa shape index (κ1) is 8.81. The average molecular weight is 188 g/mol. The molecule has 72 valence electrons. The van der Waals surface area contributed by atoms with Gasteiger partial charge in [-0.1, -0.05) is 30.4 Å². The first-order valence-corrected chi connectivity index (χ1v) is 4.53. The molecule has 1 aliphatic heterocycles. The maximum atomic E-state index is 11.2. The number of fused-ring (bicyclic) bond motifs is 1. The summed E-state index contributed by atoms with van der Waals surface area (Å²) in [5.74, 6) is 0. The van der Waals surface area contributed by atoms with Crippen molar-refractivity contribution in [1.82, 2.24) is 0 Å². The number of primary amides is 1. The van der Waals surface area contributed by atoms with Gasteiger partial charge in [-0.25, -0.2) is 4.79 Å². The van der Waals surface area contributed by atoms with Crippen LogP contribution in [0, 0.1) is 6.92 Å². The fraction of sp³-hybridized carbons (Fsp3) is 0.182. The summed E-state index contributed by atoms with van der Waals surface area (Å²) < 4.78 is 0. The van der Waals surface area contributed by atoms with Crippen LogP contribution in [0.15, 0.2) is 24.3 Å². The van der Waals surface area contributed by atoms with E-state index in [1.807, 2.05) is 37.3 Å². The monoisotopic (exact) mass is 188 g/mol. The second kappa shape index (κ2) is 3.18. The van der Waals surface area contributed by atoms with Crippen molar-refractivity contribution in [3.63, 3.8) is 0 Å². The Morgan fingerprint density at radius 1 is 1.50 bits per heavy atom. The predicted octanol–water partition coefficient (Wildman–Crippen LogP) is 1.91. The first-order chi connectivity index (χ1) is 6.70. The van der Waals surface area contributed by atoms with E-state index in [4.69, 9.17) is 5.73 Å². The van der Waals surface area contributed by atoms with Crippen LogP contribution in [0.25, 0.3) is 6.08 Å². The Morgan fingerprint density at radius 2 is 2.29 bits per heavy atom.